The number of aromatic nitrogens is 2. The van der Waals surface area contributed by atoms with Crippen LogP contribution in [0.4, 0.5) is 0 Å². The van der Waals surface area contributed by atoms with E-state index < -0.39 is 11.5 Å². The molecule has 1 aromatic heterocycles. The number of nitrogens with one attached hydrogen (secondary N) is 2. The summed E-state index contributed by atoms with van der Waals surface area (Å²) in [6, 6.07) is 1.48. The lowest BCUT2D eigenvalue weighted by Crippen LogP contribution is -2.30. The normalized spacial score (nSPS) is 14.2. The van der Waals surface area contributed by atoms with E-state index in [2.05, 4.69) is 33.7 Å². The fourth-order valence-corrected chi connectivity index (χ4v) is 2.51. The van der Waals surface area contributed by atoms with E-state index in [9.17, 15) is 9.59 Å². The zero-order valence-corrected chi connectivity index (χ0v) is 12.6. The summed E-state index contributed by atoms with van der Waals surface area (Å²) in [4.78, 5) is 24.6. The molecule has 1 aliphatic carbocycles. The number of H-pyrrole nitrogens is 1. The van der Waals surface area contributed by atoms with Crippen molar-refractivity contribution in [3.8, 4) is 0 Å². The number of amides is 1. The van der Waals surface area contributed by atoms with E-state index in [1.165, 1.54) is 11.0 Å². The Balaban J connectivity index is 1.81. The minimum atomic E-state index is -0.478. The van der Waals surface area contributed by atoms with Crippen LogP contribution in [-0.4, -0.2) is 22.6 Å². The number of aryl methyl sites for hydroxylation is 1. The van der Waals surface area contributed by atoms with Gasteiger partial charge in [0.05, 0.1) is 5.69 Å². The quantitative estimate of drug-likeness (QED) is 0.875. The van der Waals surface area contributed by atoms with Crippen molar-refractivity contribution in [2.75, 3.05) is 6.54 Å². The number of carbonyl (C=O) groups is 1. The predicted octanol–water partition coefficient (Wildman–Crippen LogP) is 2.29. The monoisotopic (exact) mass is 303 g/mol. The SMILES string of the molecule is Cc1cc(C(=O)NC/C=C/SC2=CCCC=C2)c(=O)[nH]n1. The van der Waals surface area contributed by atoms with Crippen molar-refractivity contribution in [1.29, 1.82) is 0 Å². The van der Waals surface area contributed by atoms with Gasteiger partial charge in [-0.15, -0.1) is 0 Å². The van der Waals surface area contributed by atoms with Gasteiger partial charge in [0, 0.05) is 11.4 Å². The first-order valence-corrected chi connectivity index (χ1v) is 7.57. The topological polar surface area (TPSA) is 74.8 Å². The van der Waals surface area contributed by atoms with Gasteiger partial charge in [0.25, 0.3) is 11.5 Å². The predicted molar refractivity (Wildman–Crippen MR) is 85.1 cm³/mol. The van der Waals surface area contributed by atoms with Gasteiger partial charge >= 0.3 is 0 Å². The molecule has 0 aromatic carbocycles. The Hall–Kier alpha value is -2.08. The van der Waals surface area contributed by atoms with Crippen LogP contribution in [-0.2, 0) is 0 Å². The molecule has 1 amide bonds. The fraction of sp³-hybridized carbons (Fsp3) is 0.267. The molecule has 6 heteroatoms. The van der Waals surface area contributed by atoms with Crippen LogP contribution < -0.4 is 10.9 Å². The molecule has 1 aromatic rings. The van der Waals surface area contributed by atoms with Crippen molar-refractivity contribution in [1.82, 2.24) is 15.5 Å². The zero-order valence-electron chi connectivity index (χ0n) is 11.8. The van der Waals surface area contributed by atoms with E-state index in [0.29, 0.717) is 12.2 Å². The highest BCUT2D eigenvalue weighted by atomic mass is 32.2. The highest BCUT2D eigenvalue weighted by molar-refractivity contribution is 8.06. The van der Waals surface area contributed by atoms with Crippen LogP contribution >= 0.6 is 11.8 Å². The molecule has 0 bridgehead atoms. The first kappa shape index (κ1) is 15.3. The summed E-state index contributed by atoms with van der Waals surface area (Å²) in [5.74, 6) is -0.395. The number of aromatic amines is 1. The number of rotatable bonds is 5. The first-order valence-electron chi connectivity index (χ1n) is 6.69. The van der Waals surface area contributed by atoms with Gasteiger partial charge < -0.3 is 5.32 Å². The van der Waals surface area contributed by atoms with Crippen molar-refractivity contribution >= 4 is 17.7 Å². The molecule has 5 nitrogen and oxygen atoms in total. The van der Waals surface area contributed by atoms with Crippen LogP contribution in [0.5, 0.6) is 0 Å². The maximum absolute atomic E-state index is 11.9. The average Bonchev–Trinajstić information content (AvgIpc) is 2.50. The molecule has 1 heterocycles. The molecule has 0 saturated carbocycles. The Morgan fingerprint density at radius 1 is 1.52 bits per heavy atom. The minimum Gasteiger partial charge on any atom is -0.348 e. The third kappa shape index (κ3) is 4.75. The molecule has 110 valence electrons. The highest BCUT2D eigenvalue weighted by Gasteiger charge is 2.09. The molecule has 0 unspecified atom stereocenters. The van der Waals surface area contributed by atoms with Gasteiger partial charge in [-0.1, -0.05) is 36.1 Å². The lowest BCUT2D eigenvalue weighted by Gasteiger charge is -2.03. The third-order valence-corrected chi connectivity index (χ3v) is 3.72. The van der Waals surface area contributed by atoms with Crippen molar-refractivity contribution in [3.05, 3.63) is 62.3 Å². The lowest BCUT2D eigenvalue weighted by molar-refractivity contribution is 0.0956. The molecule has 0 atom stereocenters. The van der Waals surface area contributed by atoms with Crippen LogP contribution in [0.2, 0.25) is 0 Å². The van der Waals surface area contributed by atoms with E-state index in [0.717, 1.165) is 12.8 Å². The highest BCUT2D eigenvalue weighted by Crippen LogP contribution is 2.22. The molecule has 0 fully saturated rings. The number of thioether (sulfide) groups is 1. The summed E-state index contributed by atoms with van der Waals surface area (Å²) in [5, 5.41) is 10.6. The second kappa shape index (κ2) is 7.64. The van der Waals surface area contributed by atoms with E-state index in [1.54, 1.807) is 18.7 Å². The maximum Gasteiger partial charge on any atom is 0.277 e. The van der Waals surface area contributed by atoms with Crippen molar-refractivity contribution in [3.63, 3.8) is 0 Å². The summed E-state index contributed by atoms with van der Waals surface area (Å²) in [7, 11) is 0. The molecule has 0 radical (unpaired) electrons. The summed E-state index contributed by atoms with van der Waals surface area (Å²) >= 11 is 1.61. The summed E-state index contributed by atoms with van der Waals surface area (Å²) < 4.78 is 0. The largest absolute Gasteiger partial charge is 0.348 e. The Labute approximate surface area is 127 Å². The molecule has 0 aliphatic heterocycles. The average molecular weight is 303 g/mol. The molecule has 0 spiro atoms. The molecule has 0 saturated heterocycles. The molecule has 2 N–H and O–H groups in total. The van der Waals surface area contributed by atoms with Gasteiger partial charge in [0.1, 0.15) is 5.56 Å². The van der Waals surface area contributed by atoms with E-state index >= 15 is 0 Å². The van der Waals surface area contributed by atoms with E-state index in [-0.39, 0.29) is 5.56 Å². The lowest BCUT2D eigenvalue weighted by atomic mass is 10.2. The Morgan fingerprint density at radius 2 is 2.38 bits per heavy atom. The van der Waals surface area contributed by atoms with Crippen LogP contribution in [0, 0.1) is 6.92 Å². The van der Waals surface area contributed by atoms with Crippen LogP contribution in [0.15, 0.2) is 45.5 Å². The van der Waals surface area contributed by atoms with Crippen LogP contribution in [0.25, 0.3) is 0 Å². The number of hydrogen-bond acceptors (Lipinski definition) is 4. The van der Waals surface area contributed by atoms with Gasteiger partial charge in [-0.25, -0.2) is 5.10 Å². The van der Waals surface area contributed by atoms with Crippen molar-refractivity contribution in [2.24, 2.45) is 0 Å². The minimum absolute atomic E-state index is 0.0847. The van der Waals surface area contributed by atoms with Crippen molar-refractivity contribution in [2.45, 2.75) is 19.8 Å². The Bertz CT molecular complexity index is 659. The molecule has 21 heavy (non-hydrogen) atoms. The Kier molecular flexibility index (Phi) is 5.57. The van der Waals surface area contributed by atoms with E-state index in [4.69, 9.17) is 0 Å². The second-order valence-corrected chi connectivity index (χ2v) is 5.52. The number of nitrogens with zero attached hydrogens (tertiary/aromatic N) is 1. The fourth-order valence-electron chi connectivity index (χ4n) is 1.77. The number of hydrogen-bond donors (Lipinski definition) is 2. The van der Waals surface area contributed by atoms with Gasteiger partial charge in [0.2, 0.25) is 0 Å². The van der Waals surface area contributed by atoms with Gasteiger partial charge in [-0.3, -0.25) is 9.59 Å². The molecule has 1 aliphatic rings. The van der Waals surface area contributed by atoms with E-state index in [1.807, 2.05) is 11.5 Å². The standard InChI is InChI=1S/C15H17N3O2S/c1-11-10-13(15(20)18-17-11)14(19)16-8-5-9-21-12-6-3-2-4-7-12/h3,5-7,9-10H,2,4,8H2,1H3,(H,16,19)(H,18,20)/b9-5+. The van der Waals surface area contributed by atoms with Gasteiger partial charge in [-0.05, 0) is 31.2 Å². The van der Waals surface area contributed by atoms with Gasteiger partial charge in [-0.2, -0.15) is 5.10 Å². The summed E-state index contributed by atoms with van der Waals surface area (Å²) in [5.41, 5.74) is 0.206. The van der Waals surface area contributed by atoms with Gasteiger partial charge in [0.15, 0.2) is 0 Å². The molecule has 2 rings (SSSR count). The summed E-state index contributed by atoms with van der Waals surface area (Å²) in [6.45, 7) is 2.10. The second-order valence-electron chi connectivity index (χ2n) is 4.54. The van der Waals surface area contributed by atoms with Crippen molar-refractivity contribution < 1.29 is 4.79 Å². The third-order valence-electron chi connectivity index (χ3n) is 2.82. The number of allylic oxidation sites excluding steroid dienone is 3. The molecular weight excluding hydrogens is 286 g/mol. The zero-order chi connectivity index (χ0) is 15.1. The molecular formula is C15H17N3O2S. The summed E-state index contributed by atoms with van der Waals surface area (Å²) in [6.07, 6.45) is 10.5. The van der Waals surface area contributed by atoms with Crippen LogP contribution in [0.3, 0.4) is 0 Å². The number of carbonyl (C=O) groups excluding carboxylic acids is 1. The maximum atomic E-state index is 11.9. The first-order chi connectivity index (χ1) is 10.2. The smallest absolute Gasteiger partial charge is 0.277 e. The van der Waals surface area contributed by atoms with Crippen LogP contribution in [0.1, 0.15) is 28.9 Å². The Morgan fingerprint density at radius 3 is 3.14 bits per heavy atom.